The summed E-state index contributed by atoms with van der Waals surface area (Å²) in [5, 5.41) is 2.07. The molecule has 1 aliphatic carbocycles. The van der Waals surface area contributed by atoms with E-state index in [9.17, 15) is 22.8 Å². The van der Waals surface area contributed by atoms with Gasteiger partial charge in [-0.15, -0.1) is 0 Å². The topological polar surface area (TPSA) is 58.6 Å². The molecule has 24 heavy (non-hydrogen) atoms. The summed E-state index contributed by atoms with van der Waals surface area (Å²) < 4.78 is 42.9. The van der Waals surface area contributed by atoms with Crippen molar-refractivity contribution in [1.29, 1.82) is 0 Å². The lowest BCUT2D eigenvalue weighted by molar-refractivity contribution is -0.175. The van der Waals surface area contributed by atoms with Gasteiger partial charge < -0.3 is 15.0 Å². The van der Waals surface area contributed by atoms with Gasteiger partial charge in [0, 0.05) is 26.1 Å². The van der Waals surface area contributed by atoms with Crippen LogP contribution in [0.15, 0.2) is 0 Å². The smallest absolute Gasteiger partial charge is 0.376 e. The average molecular weight is 348 g/mol. The third-order valence-electron chi connectivity index (χ3n) is 5.23. The Hall–Kier alpha value is -1.31. The van der Waals surface area contributed by atoms with Crippen molar-refractivity contribution in [3.8, 4) is 0 Å². The van der Waals surface area contributed by atoms with Gasteiger partial charge in [0.1, 0.15) is 0 Å². The molecule has 2 amide bonds. The Kier molecular flexibility index (Phi) is 5.03. The van der Waals surface area contributed by atoms with Gasteiger partial charge in [-0.25, -0.2) is 0 Å². The number of rotatable bonds is 4. The standard InChI is InChI=1S/C16H23F3N2O3/c17-16(18,19)15(23)20-12-5-8-24-14(12)11-3-6-21(7-4-11)13(22)9-10-1-2-10/h10-12,14H,1-9H2,(H,20,23)/t12-,14+/m1/s1. The van der Waals surface area contributed by atoms with E-state index < -0.39 is 24.2 Å². The summed E-state index contributed by atoms with van der Waals surface area (Å²) in [5.41, 5.74) is 0. The molecule has 1 saturated carbocycles. The molecule has 0 radical (unpaired) electrons. The molecule has 3 rings (SSSR count). The molecule has 2 aliphatic heterocycles. The second-order valence-corrected chi connectivity index (χ2v) is 7.07. The van der Waals surface area contributed by atoms with Crippen LogP contribution in [0, 0.1) is 11.8 Å². The minimum atomic E-state index is -4.87. The lowest BCUT2D eigenvalue weighted by Gasteiger charge is -2.36. The van der Waals surface area contributed by atoms with Gasteiger partial charge in [-0.3, -0.25) is 9.59 Å². The van der Waals surface area contributed by atoms with Gasteiger partial charge in [-0.2, -0.15) is 13.2 Å². The zero-order valence-electron chi connectivity index (χ0n) is 13.5. The number of nitrogens with zero attached hydrogens (tertiary/aromatic N) is 1. The number of hydrogen-bond donors (Lipinski definition) is 1. The first-order chi connectivity index (χ1) is 11.3. The zero-order valence-corrected chi connectivity index (χ0v) is 13.5. The fraction of sp³-hybridized carbons (Fsp3) is 0.875. The van der Waals surface area contributed by atoms with Gasteiger partial charge in [0.15, 0.2) is 0 Å². The maximum atomic E-state index is 12.4. The number of amides is 2. The average Bonchev–Trinajstić information content (AvgIpc) is 3.22. The molecule has 0 aromatic heterocycles. The predicted molar refractivity (Wildman–Crippen MR) is 79.0 cm³/mol. The zero-order chi connectivity index (χ0) is 17.3. The summed E-state index contributed by atoms with van der Waals surface area (Å²) in [5.74, 6) is -1.09. The van der Waals surface area contributed by atoms with Crippen LogP contribution in [0.3, 0.4) is 0 Å². The molecule has 0 aromatic rings. The molecule has 0 spiro atoms. The number of hydrogen-bond acceptors (Lipinski definition) is 3. The third-order valence-corrected chi connectivity index (χ3v) is 5.23. The van der Waals surface area contributed by atoms with Gasteiger partial charge in [-0.05, 0) is 43.9 Å². The molecule has 0 unspecified atom stereocenters. The van der Waals surface area contributed by atoms with E-state index in [1.54, 1.807) is 0 Å². The van der Waals surface area contributed by atoms with Crippen molar-refractivity contribution in [3.63, 3.8) is 0 Å². The number of likely N-dealkylation sites (tertiary alicyclic amines) is 1. The monoisotopic (exact) mass is 348 g/mol. The molecule has 8 heteroatoms. The molecule has 136 valence electrons. The highest BCUT2D eigenvalue weighted by molar-refractivity contribution is 5.82. The quantitative estimate of drug-likeness (QED) is 0.844. The first-order valence-electron chi connectivity index (χ1n) is 8.61. The van der Waals surface area contributed by atoms with Crippen LogP contribution in [-0.2, 0) is 14.3 Å². The van der Waals surface area contributed by atoms with Crippen LogP contribution in [0.2, 0.25) is 0 Å². The van der Waals surface area contributed by atoms with E-state index >= 15 is 0 Å². The molecule has 2 heterocycles. The Balaban J connectivity index is 1.49. The molecule has 0 bridgehead atoms. The number of carbonyl (C=O) groups excluding carboxylic acids is 2. The minimum absolute atomic E-state index is 0.0796. The number of piperidine rings is 1. The third kappa shape index (κ3) is 4.20. The fourth-order valence-corrected chi connectivity index (χ4v) is 3.66. The van der Waals surface area contributed by atoms with Crippen LogP contribution >= 0.6 is 0 Å². The lowest BCUT2D eigenvalue weighted by atomic mass is 9.87. The lowest BCUT2D eigenvalue weighted by Crippen LogP contribution is -2.50. The number of carbonyl (C=O) groups is 2. The van der Waals surface area contributed by atoms with Crippen molar-refractivity contribution in [1.82, 2.24) is 10.2 Å². The fourth-order valence-electron chi connectivity index (χ4n) is 3.66. The molecule has 0 aromatic carbocycles. The van der Waals surface area contributed by atoms with E-state index in [1.807, 2.05) is 4.90 Å². The van der Waals surface area contributed by atoms with Crippen LogP contribution in [0.5, 0.6) is 0 Å². The Labute approximate surface area is 138 Å². The van der Waals surface area contributed by atoms with E-state index in [0.717, 1.165) is 12.8 Å². The van der Waals surface area contributed by atoms with Crippen molar-refractivity contribution in [2.75, 3.05) is 19.7 Å². The van der Waals surface area contributed by atoms with Crippen LogP contribution in [0.1, 0.15) is 38.5 Å². The number of nitrogens with one attached hydrogen (secondary N) is 1. The van der Waals surface area contributed by atoms with E-state index in [0.29, 0.717) is 51.3 Å². The van der Waals surface area contributed by atoms with Crippen molar-refractivity contribution in [2.45, 2.75) is 56.8 Å². The normalized spacial score (nSPS) is 28.9. The Morgan fingerprint density at radius 3 is 2.33 bits per heavy atom. The highest BCUT2D eigenvalue weighted by Gasteiger charge is 2.44. The summed E-state index contributed by atoms with van der Waals surface area (Å²) in [4.78, 5) is 25.1. The molecule has 3 fully saturated rings. The van der Waals surface area contributed by atoms with Gasteiger partial charge >= 0.3 is 12.1 Å². The number of ether oxygens (including phenoxy) is 1. The molecule has 2 saturated heterocycles. The Morgan fingerprint density at radius 1 is 1.08 bits per heavy atom. The second kappa shape index (κ2) is 6.90. The molecule has 5 nitrogen and oxygen atoms in total. The van der Waals surface area contributed by atoms with Crippen LogP contribution in [0.25, 0.3) is 0 Å². The van der Waals surface area contributed by atoms with Gasteiger partial charge in [0.25, 0.3) is 0 Å². The van der Waals surface area contributed by atoms with Gasteiger partial charge in [-0.1, -0.05) is 0 Å². The molecule has 2 atom stereocenters. The van der Waals surface area contributed by atoms with Crippen LogP contribution < -0.4 is 5.32 Å². The summed E-state index contributed by atoms with van der Waals surface area (Å²) >= 11 is 0. The summed E-state index contributed by atoms with van der Waals surface area (Å²) in [6.07, 6.45) is -0.554. The maximum Gasteiger partial charge on any atom is 0.471 e. The second-order valence-electron chi connectivity index (χ2n) is 7.07. The molecule has 1 N–H and O–H groups in total. The van der Waals surface area contributed by atoms with E-state index in [1.165, 1.54) is 0 Å². The van der Waals surface area contributed by atoms with Crippen molar-refractivity contribution in [3.05, 3.63) is 0 Å². The first-order valence-corrected chi connectivity index (χ1v) is 8.61. The number of alkyl halides is 3. The highest BCUT2D eigenvalue weighted by Crippen LogP contribution is 2.34. The predicted octanol–water partition coefficient (Wildman–Crippen LogP) is 1.86. The minimum Gasteiger partial charge on any atom is -0.376 e. The van der Waals surface area contributed by atoms with Gasteiger partial charge in [0.2, 0.25) is 5.91 Å². The summed E-state index contributed by atoms with van der Waals surface area (Å²) in [6.45, 7) is 1.60. The van der Waals surface area contributed by atoms with E-state index in [-0.39, 0.29) is 11.8 Å². The largest absolute Gasteiger partial charge is 0.471 e. The van der Waals surface area contributed by atoms with Crippen molar-refractivity contribution >= 4 is 11.8 Å². The van der Waals surface area contributed by atoms with Crippen molar-refractivity contribution in [2.24, 2.45) is 11.8 Å². The van der Waals surface area contributed by atoms with Crippen molar-refractivity contribution < 1.29 is 27.5 Å². The highest BCUT2D eigenvalue weighted by atomic mass is 19.4. The molecule has 3 aliphatic rings. The van der Waals surface area contributed by atoms with Crippen LogP contribution in [0.4, 0.5) is 13.2 Å². The van der Waals surface area contributed by atoms with E-state index in [2.05, 4.69) is 5.32 Å². The molecular weight excluding hydrogens is 325 g/mol. The summed E-state index contributed by atoms with van der Waals surface area (Å²) in [6, 6.07) is -0.599. The van der Waals surface area contributed by atoms with Gasteiger partial charge in [0.05, 0.1) is 12.1 Å². The first kappa shape index (κ1) is 17.5. The van der Waals surface area contributed by atoms with E-state index in [4.69, 9.17) is 4.74 Å². The Morgan fingerprint density at radius 2 is 1.75 bits per heavy atom. The Bertz CT molecular complexity index is 485. The number of halogens is 3. The van der Waals surface area contributed by atoms with Crippen LogP contribution in [-0.4, -0.2) is 54.7 Å². The SMILES string of the molecule is O=C(CC1CC1)N1CCC([C@@H]2OCC[C@H]2NC(=O)C(F)(F)F)CC1. The maximum absolute atomic E-state index is 12.4. The summed E-state index contributed by atoms with van der Waals surface area (Å²) in [7, 11) is 0. The molecular formula is C16H23F3N2O3.